The van der Waals surface area contributed by atoms with Crippen LogP contribution in [0.4, 0.5) is 4.79 Å². The van der Waals surface area contributed by atoms with E-state index in [1.165, 1.54) is 0 Å². The molecule has 2 atom stereocenters. The molecule has 0 saturated carbocycles. The highest BCUT2D eigenvalue weighted by atomic mass is 32.2. The molecule has 2 aliphatic heterocycles. The van der Waals surface area contributed by atoms with Crippen molar-refractivity contribution in [2.75, 3.05) is 6.61 Å². The van der Waals surface area contributed by atoms with Gasteiger partial charge in [0.25, 0.3) is 5.24 Å². The van der Waals surface area contributed by atoms with Crippen LogP contribution in [0.2, 0.25) is 0 Å². The summed E-state index contributed by atoms with van der Waals surface area (Å²) in [7, 11) is 0. The van der Waals surface area contributed by atoms with Gasteiger partial charge in [0.2, 0.25) is 5.91 Å². The van der Waals surface area contributed by atoms with Crippen molar-refractivity contribution in [3.05, 3.63) is 53.1 Å². The van der Waals surface area contributed by atoms with Crippen LogP contribution in [0.25, 0.3) is 0 Å². The second kappa shape index (κ2) is 10.2. The van der Waals surface area contributed by atoms with Gasteiger partial charge in [0.1, 0.15) is 29.5 Å². The third-order valence-corrected chi connectivity index (χ3v) is 7.77. The first-order chi connectivity index (χ1) is 17.7. The highest BCUT2D eigenvalue weighted by molar-refractivity contribution is 8.15. The number of nitrogens with zero attached hydrogens (tertiary/aromatic N) is 1. The van der Waals surface area contributed by atoms with E-state index < -0.39 is 10.9 Å². The highest BCUT2D eigenvalue weighted by Gasteiger charge is 2.39. The van der Waals surface area contributed by atoms with Gasteiger partial charge in [0, 0.05) is 17.5 Å². The van der Waals surface area contributed by atoms with Gasteiger partial charge in [-0.05, 0) is 60.4 Å². The van der Waals surface area contributed by atoms with E-state index in [-0.39, 0.29) is 34.3 Å². The molecule has 2 unspecified atom stereocenters. The largest absolute Gasteiger partial charge is 0.508 e. The summed E-state index contributed by atoms with van der Waals surface area (Å²) < 4.78 is 12.5. The minimum absolute atomic E-state index is 0.0576. The molecule has 204 valence electrons. The Hall–Kier alpha value is -3.20. The molecule has 1 saturated heterocycles. The molecule has 2 aromatic rings. The minimum atomic E-state index is -0.811. The molecule has 8 nitrogen and oxygen atoms in total. The number of rotatable bonds is 7. The average molecular weight is 541 g/mol. The lowest BCUT2D eigenvalue weighted by Gasteiger charge is -2.38. The molecule has 2 heterocycles. The van der Waals surface area contributed by atoms with Crippen LogP contribution in [0.1, 0.15) is 71.1 Å². The van der Waals surface area contributed by atoms with E-state index in [9.17, 15) is 19.9 Å². The molecule has 0 aliphatic carbocycles. The van der Waals surface area contributed by atoms with Crippen molar-refractivity contribution in [3.63, 3.8) is 0 Å². The van der Waals surface area contributed by atoms with Gasteiger partial charge in [-0.1, -0.05) is 63.7 Å². The fourth-order valence-electron chi connectivity index (χ4n) is 5.46. The molecule has 0 spiro atoms. The molecular formula is C29H36N2O6S. The summed E-state index contributed by atoms with van der Waals surface area (Å²) in [6.45, 7) is 12.8. The number of oxime groups is 1. The summed E-state index contributed by atoms with van der Waals surface area (Å²) >= 11 is 1.01. The van der Waals surface area contributed by atoms with Crippen LogP contribution in [-0.2, 0) is 16.6 Å². The number of phenols is 1. The van der Waals surface area contributed by atoms with E-state index in [1.807, 2.05) is 37.3 Å². The number of hydrogen-bond donors (Lipinski definition) is 3. The predicted molar refractivity (Wildman–Crippen MR) is 148 cm³/mol. The number of phenolic OH excluding ortho intramolecular Hbond substituents is 1. The summed E-state index contributed by atoms with van der Waals surface area (Å²) in [4.78, 5) is 23.2. The smallest absolute Gasteiger partial charge is 0.286 e. The molecule has 9 heteroatoms. The van der Waals surface area contributed by atoms with Gasteiger partial charge < -0.3 is 19.8 Å². The molecule has 1 fully saturated rings. The van der Waals surface area contributed by atoms with Gasteiger partial charge in [-0.3, -0.25) is 14.9 Å². The van der Waals surface area contributed by atoms with Crippen molar-refractivity contribution in [2.45, 2.75) is 77.1 Å². The highest BCUT2D eigenvalue weighted by Crippen LogP contribution is 2.45. The van der Waals surface area contributed by atoms with Gasteiger partial charge in [-0.15, -0.1) is 0 Å². The topological polar surface area (TPSA) is 117 Å². The Kier molecular flexibility index (Phi) is 7.45. The number of carbonyl (C=O) groups excluding carboxylic acids is 2. The Morgan fingerprint density at radius 1 is 1.16 bits per heavy atom. The first-order valence-electron chi connectivity index (χ1n) is 12.7. The van der Waals surface area contributed by atoms with Crippen LogP contribution in [-0.4, -0.2) is 44.6 Å². The van der Waals surface area contributed by atoms with Crippen LogP contribution in [0, 0.1) is 5.41 Å². The van der Waals surface area contributed by atoms with Crippen LogP contribution in [0.15, 0.2) is 41.6 Å². The van der Waals surface area contributed by atoms with Gasteiger partial charge in [-0.2, -0.15) is 0 Å². The lowest BCUT2D eigenvalue weighted by atomic mass is 9.71. The molecule has 2 amide bonds. The maximum Gasteiger partial charge on any atom is 0.286 e. The number of aromatic hydroxyl groups is 1. The zero-order chi connectivity index (χ0) is 27.9. The summed E-state index contributed by atoms with van der Waals surface area (Å²) in [6.07, 6.45) is 1.60. The van der Waals surface area contributed by atoms with E-state index in [2.05, 4.69) is 45.1 Å². The minimum Gasteiger partial charge on any atom is -0.508 e. The van der Waals surface area contributed by atoms with Crippen LogP contribution in [0.3, 0.4) is 0 Å². The van der Waals surface area contributed by atoms with Crippen LogP contribution >= 0.6 is 11.8 Å². The summed E-state index contributed by atoms with van der Waals surface area (Å²) in [5.74, 6) is 1.06. The van der Waals surface area contributed by atoms with Gasteiger partial charge >= 0.3 is 0 Å². The lowest BCUT2D eigenvalue weighted by Crippen LogP contribution is -2.44. The van der Waals surface area contributed by atoms with Crippen molar-refractivity contribution in [2.24, 2.45) is 10.6 Å². The van der Waals surface area contributed by atoms with Crippen LogP contribution < -0.4 is 14.8 Å². The number of ether oxygens (including phenoxy) is 2. The summed E-state index contributed by atoms with van der Waals surface area (Å²) in [5, 5.41) is 25.7. The molecule has 3 N–H and O–H groups in total. The lowest BCUT2D eigenvalue weighted by molar-refractivity contribution is -0.118. The standard InChI is InChI=1S/C29H36N2O6S/c1-27(2,3)15-28(4,5)20-13-23-19(12-22(20)32)21(31-35)14-29(6,37-23)16-36-18-9-7-17(8-10-18)11-24-25(33)30-26(34)38-24/h7-10,12-13,24,32,35H,11,14-16H2,1-6H3,(H,30,33,34). The van der Waals surface area contributed by atoms with Crippen molar-refractivity contribution in [1.29, 1.82) is 0 Å². The molecule has 38 heavy (non-hydrogen) atoms. The SMILES string of the molecule is CC(C)(C)CC(C)(C)c1cc2c(cc1O)C(=NO)CC(C)(COc1ccc(CC3SC(=O)NC3=O)cc1)O2. The normalized spacial score (nSPS) is 22.7. The molecule has 0 aromatic heterocycles. The maximum atomic E-state index is 11.8. The van der Waals surface area contributed by atoms with E-state index in [4.69, 9.17) is 9.47 Å². The zero-order valence-corrected chi connectivity index (χ0v) is 23.6. The number of fused-ring (bicyclic) bond motifs is 1. The number of imide groups is 1. The fourth-order valence-corrected chi connectivity index (χ4v) is 6.32. The number of amides is 2. The first kappa shape index (κ1) is 27.8. The third-order valence-electron chi connectivity index (χ3n) is 6.78. The monoisotopic (exact) mass is 540 g/mol. The average Bonchev–Trinajstić information content (AvgIpc) is 3.13. The summed E-state index contributed by atoms with van der Waals surface area (Å²) in [6, 6.07) is 10.9. The number of carbonyl (C=O) groups is 2. The van der Waals surface area contributed by atoms with Crippen molar-refractivity contribution >= 4 is 28.6 Å². The fraction of sp³-hybridized carbons (Fsp3) is 0.483. The number of benzene rings is 2. The number of nitrogens with one attached hydrogen (secondary N) is 1. The Morgan fingerprint density at radius 3 is 2.42 bits per heavy atom. The Labute approximate surface area is 227 Å². The first-order valence-corrected chi connectivity index (χ1v) is 13.6. The van der Waals surface area contributed by atoms with Crippen molar-refractivity contribution in [3.8, 4) is 17.2 Å². The molecule has 2 aromatic carbocycles. The zero-order valence-electron chi connectivity index (χ0n) is 22.8. The second-order valence-electron chi connectivity index (χ2n) is 12.3. The predicted octanol–water partition coefficient (Wildman–Crippen LogP) is 5.80. The van der Waals surface area contributed by atoms with Gasteiger partial charge in [0.15, 0.2) is 0 Å². The maximum absolute atomic E-state index is 11.8. The van der Waals surface area contributed by atoms with E-state index in [0.717, 1.165) is 29.3 Å². The molecule has 2 aliphatic rings. The third kappa shape index (κ3) is 6.26. The van der Waals surface area contributed by atoms with Gasteiger partial charge in [0.05, 0.1) is 11.0 Å². The van der Waals surface area contributed by atoms with E-state index in [0.29, 0.717) is 35.6 Å². The number of hydrogen-bond acceptors (Lipinski definition) is 8. The molecule has 0 radical (unpaired) electrons. The van der Waals surface area contributed by atoms with Crippen LogP contribution in [0.5, 0.6) is 17.2 Å². The Morgan fingerprint density at radius 2 is 1.84 bits per heavy atom. The van der Waals surface area contributed by atoms with Crippen molar-refractivity contribution < 1.29 is 29.4 Å². The molecule has 0 bridgehead atoms. The van der Waals surface area contributed by atoms with E-state index in [1.54, 1.807) is 6.07 Å². The summed E-state index contributed by atoms with van der Waals surface area (Å²) in [5.41, 5.74) is 1.62. The molecular weight excluding hydrogens is 504 g/mol. The molecule has 4 rings (SSSR count). The van der Waals surface area contributed by atoms with Gasteiger partial charge in [-0.25, -0.2) is 0 Å². The quantitative estimate of drug-likeness (QED) is 0.300. The van der Waals surface area contributed by atoms with Crippen molar-refractivity contribution in [1.82, 2.24) is 5.32 Å². The second-order valence-corrected chi connectivity index (χ2v) is 13.5. The number of thioether (sulfide) groups is 1. The Balaban J connectivity index is 1.49. The van der Waals surface area contributed by atoms with E-state index >= 15 is 0 Å². The Bertz CT molecular complexity index is 1270.